The summed E-state index contributed by atoms with van der Waals surface area (Å²) in [4.78, 5) is 14.4. The number of aryl methyl sites for hydroxylation is 2. The summed E-state index contributed by atoms with van der Waals surface area (Å²) in [6.07, 6.45) is 2.74. The van der Waals surface area contributed by atoms with Crippen LogP contribution in [0.15, 0.2) is 6.07 Å². The van der Waals surface area contributed by atoms with E-state index in [4.69, 9.17) is 5.73 Å². The Kier molecular flexibility index (Phi) is 6.18. The summed E-state index contributed by atoms with van der Waals surface area (Å²) in [7, 11) is 0. The molecule has 0 fully saturated rings. The van der Waals surface area contributed by atoms with Crippen LogP contribution in [0.1, 0.15) is 34.7 Å². The van der Waals surface area contributed by atoms with E-state index >= 15 is 0 Å². The lowest BCUT2D eigenvalue weighted by Crippen LogP contribution is -2.42. The molecular formula is C13H22N2OS2. The largest absolute Gasteiger partial charge is 0.348 e. The molecule has 3 nitrogen and oxygen atoms in total. The second kappa shape index (κ2) is 7.16. The molecule has 0 saturated heterocycles. The quantitative estimate of drug-likeness (QED) is 0.845. The summed E-state index contributed by atoms with van der Waals surface area (Å²) in [6.45, 7) is 6.18. The average Bonchev–Trinajstić information content (AvgIpc) is 2.65. The summed E-state index contributed by atoms with van der Waals surface area (Å²) in [5, 5.41) is 2.99. The number of thiophene rings is 1. The van der Waals surface area contributed by atoms with Gasteiger partial charge in [0.15, 0.2) is 0 Å². The zero-order chi connectivity index (χ0) is 13.7. The third kappa shape index (κ3) is 4.30. The van der Waals surface area contributed by atoms with Crippen molar-refractivity contribution in [1.82, 2.24) is 5.32 Å². The number of carbonyl (C=O) groups excluding carboxylic acids is 1. The first-order valence-corrected chi connectivity index (χ1v) is 8.28. The van der Waals surface area contributed by atoms with E-state index in [9.17, 15) is 4.79 Å². The van der Waals surface area contributed by atoms with Crippen molar-refractivity contribution < 1.29 is 4.79 Å². The van der Waals surface area contributed by atoms with E-state index in [1.54, 1.807) is 23.1 Å². The smallest absolute Gasteiger partial charge is 0.237 e. The number of hydrogen-bond donors (Lipinski definition) is 2. The van der Waals surface area contributed by atoms with Crippen molar-refractivity contribution in [2.45, 2.75) is 39.3 Å². The van der Waals surface area contributed by atoms with Crippen molar-refractivity contribution in [1.29, 1.82) is 0 Å². The average molecular weight is 286 g/mol. The van der Waals surface area contributed by atoms with E-state index in [-0.39, 0.29) is 11.9 Å². The van der Waals surface area contributed by atoms with E-state index in [1.807, 2.05) is 13.2 Å². The Labute approximate surface area is 118 Å². The molecule has 0 aliphatic heterocycles. The van der Waals surface area contributed by atoms with Crippen LogP contribution in [0.2, 0.25) is 0 Å². The van der Waals surface area contributed by atoms with Gasteiger partial charge in [-0.2, -0.15) is 11.8 Å². The van der Waals surface area contributed by atoms with Crippen LogP contribution in [-0.2, 0) is 4.79 Å². The van der Waals surface area contributed by atoms with Crippen LogP contribution in [0.3, 0.4) is 0 Å². The fourth-order valence-corrected chi connectivity index (χ4v) is 3.37. The molecule has 1 aromatic rings. The van der Waals surface area contributed by atoms with E-state index in [1.165, 1.54) is 15.3 Å². The predicted octanol–water partition coefficient (Wildman–Crippen LogP) is 2.62. The fourth-order valence-electron chi connectivity index (χ4n) is 1.85. The number of thioether (sulfide) groups is 1. The molecule has 3 N–H and O–H groups in total. The molecule has 0 saturated carbocycles. The van der Waals surface area contributed by atoms with Crippen molar-refractivity contribution in [3.63, 3.8) is 0 Å². The van der Waals surface area contributed by atoms with Gasteiger partial charge in [0, 0.05) is 9.75 Å². The number of carbonyl (C=O) groups is 1. The molecule has 0 aliphatic rings. The maximum absolute atomic E-state index is 11.9. The van der Waals surface area contributed by atoms with Crippen molar-refractivity contribution >= 4 is 29.0 Å². The minimum atomic E-state index is -0.403. The molecule has 2 atom stereocenters. The van der Waals surface area contributed by atoms with E-state index in [0.717, 1.165) is 12.2 Å². The third-order valence-electron chi connectivity index (χ3n) is 2.87. The second-order valence-electron chi connectivity index (χ2n) is 4.49. The van der Waals surface area contributed by atoms with Crippen LogP contribution in [0.25, 0.3) is 0 Å². The van der Waals surface area contributed by atoms with Crippen LogP contribution in [0.5, 0.6) is 0 Å². The minimum Gasteiger partial charge on any atom is -0.348 e. The highest BCUT2D eigenvalue weighted by Gasteiger charge is 2.18. The third-order valence-corrected chi connectivity index (χ3v) is 4.50. The first-order chi connectivity index (χ1) is 8.45. The van der Waals surface area contributed by atoms with Crippen molar-refractivity contribution in [2.24, 2.45) is 5.73 Å². The maximum Gasteiger partial charge on any atom is 0.237 e. The van der Waals surface area contributed by atoms with Crippen LogP contribution in [0.4, 0.5) is 0 Å². The molecule has 1 rings (SSSR count). The Balaban J connectivity index is 2.56. The van der Waals surface area contributed by atoms with Gasteiger partial charge in [-0.3, -0.25) is 4.79 Å². The van der Waals surface area contributed by atoms with Gasteiger partial charge >= 0.3 is 0 Å². The van der Waals surface area contributed by atoms with E-state index in [0.29, 0.717) is 0 Å². The zero-order valence-corrected chi connectivity index (χ0v) is 13.1. The summed E-state index contributed by atoms with van der Waals surface area (Å²) in [6, 6.07) is 1.76. The number of nitrogens with one attached hydrogen (secondary N) is 1. The number of rotatable bonds is 6. The Hall–Kier alpha value is -0.520. The Morgan fingerprint density at radius 2 is 2.22 bits per heavy atom. The predicted molar refractivity (Wildman–Crippen MR) is 81.3 cm³/mol. The molecule has 102 valence electrons. The van der Waals surface area contributed by atoms with Gasteiger partial charge in [0.05, 0.1) is 12.1 Å². The number of hydrogen-bond acceptors (Lipinski definition) is 4. The van der Waals surface area contributed by atoms with Crippen LogP contribution in [-0.4, -0.2) is 24.0 Å². The summed E-state index contributed by atoms with van der Waals surface area (Å²) >= 11 is 3.47. The van der Waals surface area contributed by atoms with Crippen LogP contribution >= 0.6 is 23.1 Å². The highest BCUT2D eigenvalue weighted by molar-refractivity contribution is 7.98. The Morgan fingerprint density at radius 1 is 1.56 bits per heavy atom. The molecule has 0 bridgehead atoms. The normalized spacial score (nSPS) is 14.3. The van der Waals surface area contributed by atoms with Gasteiger partial charge < -0.3 is 11.1 Å². The van der Waals surface area contributed by atoms with Crippen molar-refractivity contribution in [3.05, 3.63) is 21.4 Å². The van der Waals surface area contributed by atoms with Gasteiger partial charge in [-0.15, -0.1) is 11.3 Å². The SMILES string of the molecule is CSCC[C@@H](N)C(=O)NC(C)c1cc(C)sc1C. The molecule has 1 aromatic heterocycles. The van der Waals surface area contributed by atoms with Crippen LogP contribution in [0, 0.1) is 13.8 Å². The Morgan fingerprint density at radius 3 is 2.72 bits per heavy atom. The molecular weight excluding hydrogens is 264 g/mol. The lowest BCUT2D eigenvalue weighted by molar-refractivity contribution is -0.123. The summed E-state index contributed by atoms with van der Waals surface area (Å²) < 4.78 is 0. The molecule has 0 radical (unpaired) electrons. The second-order valence-corrected chi connectivity index (χ2v) is 6.93. The van der Waals surface area contributed by atoms with Gasteiger partial charge in [0.2, 0.25) is 5.91 Å². The standard InChI is InChI=1S/C13H22N2OS2/c1-8-7-11(10(3)18-8)9(2)15-13(16)12(14)5-6-17-4/h7,9,12H,5-6,14H2,1-4H3,(H,15,16)/t9?,12-/m1/s1. The topological polar surface area (TPSA) is 55.1 Å². The van der Waals surface area contributed by atoms with Gasteiger partial charge in [-0.1, -0.05) is 0 Å². The van der Waals surface area contributed by atoms with Crippen molar-refractivity contribution in [2.75, 3.05) is 12.0 Å². The van der Waals surface area contributed by atoms with Crippen molar-refractivity contribution in [3.8, 4) is 0 Å². The molecule has 0 spiro atoms. The lowest BCUT2D eigenvalue weighted by Gasteiger charge is -2.17. The summed E-state index contributed by atoms with van der Waals surface area (Å²) in [5.41, 5.74) is 7.05. The first-order valence-electron chi connectivity index (χ1n) is 6.07. The molecule has 0 aromatic carbocycles. The number of amides is 1. The molecule has 5 heteroatoms. The first kappa shape index (κ1) is 15.5. The van der Waals surface area contributed by atoms with Gasteiger partial charge in [0.25, 0.3) is 0 Å². The highest BCUT2D eigenvalue weighted by Crippen LogP contribution is 2.26. The van der Waals surface area contributed by atoms with E-state index in [2.05, 4.69) is 25.2 Å². The highest BCUT2D eigenvalue weighted by atomic mass is 32.2. The monoisotopic (exact) mass is 286 g/mol. The minimum absolute atomic E-state index is 0.0304. The van der Waals surface area contributed by atoms with Crippen LogP contribution < -0.4 is 11.1 Å². The molecule has 1 unspecified atom stereocenters. The lowest BCUT2D eigenvalue weighted by atomic mass is 10.1. The van der Waals surface area contributed by atoms with Gasteiger partial charge in [0.1, 0.15) is 0 Å². The maximum atomic E-state index is 11.9. The van der Waals surface area contributed by atoms with E-state index < -0.39 is 6.04 Å². The molecule has 1 amide bonds. The fraction of sp³-hybridized carbons (Fsp3) is 0.615. The molecule has 18 heavy (non-hydrogen) atoms. The number of nitrogens with two attached hydrogens (primary N) is 1. The van der Waals surface area contributed by atoms with Gasteiger partial charge in [-0.05, 0) is 50.8 Å². The zero-order valence-electron chi connectivity index (χ0n) is 11.4. The van der Waals surface area contributed by atoms with Gasteiger partial charge in [-0.25, -0.2) is 0 Å². The summed E-state index contributed by atoms with van der Waals surface area (Å²) in [5.74, 6) is 0.860. The Bertz CT molecular complexity index is 404. The molecule has 0 aliphatic carbocycles. The molecule has 1 heterocycles.